The summed E-state index contributed by atoms with van der Waals surface area (Å²) in [6.07, 6.45) is 0. The second-order valence-electron chi connectivity index (χ2n) is 4.76. The van der Waals surface area contributed by atoms with Crippen LogP contribution in [0.25, 0.3) is 10.8 Å². The molecule has 0 aliphatic carbocycles. The van der Waals surface area contributed by atoms with Gasteiger partial charge in [-0.05, 0) is 29.3 Å². The molecule has 3 aromatic carbocycles. The number of hydrogen-bond acceptors (Lipinski definition) is 1. The molecule has 0 fully saturated rings. The first kappa shape index (κ1) is 12.3. The van der Waals surface area contributed by atoms with Crippen molar-refractivity contribution in [3.63, 3.8) is 0 Å². The Balaban J connectivity index is 1.86. The maximum atomic E-state index is 2.26. The highest BCUT2D eigenvalue weighted by atomic mass is 32.2. The van der Waals surface area contributed by atoms with Crippen LogP contribution in [0, 0.1) is 6.92 Å². The van der Waals surface area contributed by atoms with Crippen molar-refractivity contribution in [2.75, 3.05) is 0 Å². The number of fused-ring (bicyclic) bond motifs is 1. The van der Waals surface area contributed by atoms with Gasteiger partial charge in [0, 0.05) is 10.6 Å². The summed E-state index contributed by atoms with van der Waals surface area (Å²) in [7, 11) is 0. The number of aryl methyl sites for hydroxylation is 1. The van der Waals surface area contributed by atoms with Crippen LogP contribution in [0.15, 0.2) is 71.6 Å². The van der Waals surface area contributed by atoms with Gasteiger partial charge in [0.05, 0.1) is 0 Å². The zero-order chi connectivity index (χ0) is 13.1. The van der Waals surface area contributed by atoms with E-state index in [0.29, 0.717) is 0 Å². The largest absolute Gasteiger partial charge is 0.121 e. The maximum absolute atomic E-state index is 2.26. The van der Waals surface area contributed by atoms with Crippen LogP contribution in [0.2, 0.25) is 0 Å². The fourth-order valence-corrected chi connectivity index (χ4v) is 3.30. The summed E-state index contributed by atoms with van der Waals surface area (Å²) in [5.74, 6) is 1.02. The van der Waals surface area contributed by atoms with Crippen molar-refractivity contribution >= 4 is 22.5 Å². The van der Waals surface area contributed by atoms with E-state index in [1.165, 1.54) is 26.8 Å². The average Bonchev–Trinajstić information content (AvgIpc) is 2.45. The average molecular weight is 264 g/mol. The Morgan fingerprint density at radius 3 is 2.53 bits per heavy atom. The predicted molar refractivity (Wildman–Crippen MR) is 84.7 cm³/mol. The van der Waals surface area contributed by atoms with Crippen molar-refractivity contribution < 1.29 is 0 Å². The van der Waals surface area contributed by atoms with Gasteiger partial charge < -0.3 is 0 Å². The van der Waals surface area contributed by atoms with E-state index in [1.807, 2.05) is 11.8 Å². The Kier molecular flexibility index (Phi) is 3.56. The second-order valence-corrected chi connectivity index (χ2v) is 5.77. The summed E-state index contributed by atoms with van der Waals surface area (Å²) in [5.41, 5.74) is 2.72. The van der Waals surface area contributed by atoms with Crippen LogP contribution >= 0.6 is 11.8 Å². The van der Waals surface area contributed by atoms with Gasteiger partial charge >= 0.3 is 0 Å². The number of benzene rings is 3. The van der Waals surface area contributed by atoms with Crippen LogP contribution < -0.4 is 0 Å². The van der Waals surface area contributed by atoms with Crippen molar-refractivity contribution in [3.8, 4) is 0 Å². The number of rotatable bonds is 3. The summed E-state index contributed by atoms with van der Waals surface area (Å²) in [6, 6.07) is 23.8. The SMILES string of the molecule is Cc1cccc(CSc2cccc3ccccc23)c1. The molecule has 3 aromatic rings. The van der Waals surface area contributed by atoms with Gasteiger partial charge in [0.2, 0.25) is 0 Å². The lowest BCUT2D eigenvalue weighted by Crippen LogP contribution is -1.83. The van der Waals surface area contributed by atoms with Crippen LogP contribution in [0.1, 0.15) is 11.1 Å². The van der Waals surface area contributed by atoms with Crippen LogP contribution in [0.5, 0.6) is 0 Å². The third-order valence-corrected chi connectivity index (χ3v) is 4.37. The lowest BCUT2D eigenvalue weighted by Gasteiger charge is -2.07. The molecule has 0 saturated carbocycles. The lowest BCUT2D eigenvalue weighted by molar-refractivity contribution is 1.35. The molecule has 0 aromatic heterocycles. The minimum atomic E-state index is 1.02. The topological polar surface area (TPSA) is 0 Å². The van der Waals surface area contributed by atoms with Crippen molar-refractivity contribution in [3.05, 3.63) is 77.9 Å². The predicted octanol–water partition coefficient (Wildman–Crippen LogP) is 5.44. The monoisotopic (exact) mass is 264 g/mol. The first-order chi connectivity index (χ1) is 9.33. The standard InChI is InChI=1S/C18H16S/c1-14-6-4-7-15(12-14)13-19-18-11-5-9-16-8-2-3-10-17(16)18/h2-12H,13H2,1H3. The molecule has 19 heavy (non-hydrogen) atoms. The molecule has 0 amide bonds. The smallest absolute Gasteiger partial charge is 0.0232 e. The van der Waals surface area contributed by atoms with Crippen molar-refractivity contribution in [1.29, 1.82) is 0 Å². The highest BCUT2D eigenvalue weighted by Gasteiger charge is 2.01. The molecule has 0 saturated heterocycles. The molecule has 0 spiro atoms. The molecule has 0 bridgehead atoms. The van der Waals surface area contributed by atoms with E-state index in [-0.39, 0.29) is 0 Å². The van der Waals surface area contributed by atoms with E-state index in [4.69, 9.17) is 0 Å². The molecular weight excluding hydrogens is 248 g/mol. The molecule has 0 radical (unpaired) electrons. The molecule has 0 nitrogen and oxygen atoms in total. The summed E-state index contributed by atoms with van der Waals surface area (Å²) >= 11 is 1.91. The minimum absolute atomic E-state index is 1.02. The summed E-state index contributed by atoms with van der Waals surface area (Å²) < 4.78 is 0. The van der Waals surface area contributed by atoms with Gasteiger partial charge in [-0.1, -0.05) is 66.2 Å². The number of thioether (sulfide) groups is 1. The molecule has 0 heterocycles. The van der Waals surface area contributed by atoms with E-state index >= 15 is 0 Å². The van der Waals surface area contributed by atoms with E-state index in [0.717, 1.165) is 5.75 Å². The van der Waals surface area contributed by atoms with Crippen LogP contribution in [-0.2, 0) is 5.75 Å². The molecule has 0 N–H and O–H groups in total. The molecule has 1 heteroatoms. The van der Waals surface area contributed by atoms with E-state index < -0.39 is 0 Å². The molecule has 0 aliphatic rings. The summed E-state index contributed by atoms with van der Waals surface area (Å²) in [5, 5.41) is 2.67. The molecule has 3 rings (SSSR count). The van der Waals surface area contributed by atoms with Crippen molar-refractivity contribution in [2.45, 2.75) is 17.6 Å². The maximum Gasteiger partial charge on any atom is 0.0232 e. The molecule has 94 valence electrons. The summed E-state index contributed by atoms with van der Waals surface area (Å²) in [4.78, 5) is 1.36. The molecular formula is C18H16S. The van der Waals surface area contributed by atoms with Crippen LogP contribution in [0.3, 0.4) is 0 Å². The fourth-order valence-electron chi connectivity index (χ4n) is 2.28. The normalized spacial score (nSPS) is 10.8. The third kappa shape index (κ3) is 2.82. The van der Waals surface area contributed by atoms with Crippen molar-refractivity contribution in [2.24, 2.45) is 0 Å². The Bertz CT molecular complexity index is 695. The van der Waals surface area contributed by atoms with Gasteiger partial charge in [-0.3, -0.25) is 0 Å². The zero-order valence-electron chi connectivity index (χ0n) is 11.0. The van der Waals surface area contributed by atoms with Crippen LogP contribution in [-0.4, -0.2) is 0 Å². The van der Waals surface area contributed by atoms with Crippen molar-refractivity contribution in [1.82, 2.24) is 0 Å². The molecule has 0 aliphatic heterocycles. The Morgan fingerprint density at radius 2 is 1.63 bits per heavy atom. The summed E-state index contributed by atoms with van der Waals surface area (Å²) in [6.45, 7) is 2.14. The number of hydrogen-bond donors (Lipinski definition) is 0. The van der Waals surface area contributed by atoms with Gasteiger partial charge in [0.25, 0.3) is 0 Å². The van der Waals surface area contributed by atoms with Crippen LogP contribution in [0.4, 0.5) is 0 Å². The lowest BCUT2D eigenvalue weighted by atomic mass is 10.1. The van der Waals surface area contributed by atoms with E-state index in [1.54, 1.807) is 0 Å². The molecule has 0 atom stereocenters. The second kappa shape index (κ2) is 5.50. The highest BCUT2D eigenvalue weighted by molar-refractivity contribution is 7.98. The van der Waals surface area contributed by atoms with Gasteiger partial charge in [-0.25, -0.2) is 0 Å². The van der Waals surface area contributed by atoms with E-state index in [9.17, 15) is 0 Å². The Labute approximate surface area is 118 Å². The first-order valence-electron chi connectivity index (χ1n) is 6.49. The first-order valence-corrected chi connectivity index (χ1v) is 7.47. The van der Waals surface area contributed by atoms with Gasteiger partial charge in [-0.15, -0.1) is 11.8 Å². The van der Waals surface area contributed by atoms with Gasteiger partial charge in [-0.2, -0.15) is 0 Å². The Hall–Kier alpha value is -1.73. The third-order valence-electron chi connectivity index (χ3n) is 3.23. The Morgan fingerprint density at radius 1 is 0.842 bits per heavy atom. The van der Waals surface area contributed by atoms with Gasteiger partial charge in [0.15, 0.2) is 0 Å². The highest BCUT2D eigenvalue weighted by Crippen LogP contribution is 2.30. The van der Waals surface area contributed by atoms with E-state index in [2.05, 4.69) is 73.7 Å². The quantitative estimate of drug-likeness (QED) is 0.567. The fraction of sp³-hybridized carbons (Fsp3) is 0.111. The van der Waals surface area contributed by atoms with Gasteiger partial charge in [0.1, 0.15) is 0 Å². The minimum Gasteiger partial charge on any atom is -0.121 e. The zero-order valence-corrected chi connectivity index (χ0v) is 11.8. The molecule has 0 unspecified atom stereocenters.